The average molecular weight is 179 g/mol. The minimum Gasteiger partial charge on any atom is -0.478 e. The lowest BCUT2D eigenvalue weighted by atomic mass is 10.1. The van der Waals surface area contributed by atoms with Crippen molar-refractivity contribution in [2.75, 3.05) is 0 Å². The molecule has 4 nitrogen and oxygen atoms in total. The van der Waals surface area contributed by atoms with Crippen LogP contribution in [0.25, 0.3) is 0 Å². The van der Waals surface area contributed by atoms with Crippen LogP contribution in [0.1, 0.15) is 26.3 Å². The molecule has 4 heteroatoms. The van der Waals surface area contributed by atoms with Crippen molar-refractivity contribution in [3.05, 3.63) is 34.9 Å². The maximum Gasteiger partial charge on any atom is 0.336 e. The molecule has 1 radical (unpaired) electrons. The highest BCUT2D eigenvalue weighted by Crippen LogP contribution is 2.10. The first-order valence-corrected chi connectivity index (χ1v) is 3.52. The molecule has 0 bridgehead atoms. The molecule has 0 saturated carbocycles. The van der Waals surface area contributed by atoms with E-state index in [1.54, 1.807) is 6.92 Å². The summed E-state index contributed by atoms with van der Waals surface area (Å²) in [5.74, 6) is -2.34. The molecule has 67 valence electrons. The molecule has 1 rings (SSSR count). The molecule has 1 aromatic rings. The molecule has 13 heavy (non-hydrogen) atoms. The number of hydrogen-bond acceptors (Lipinski definition) is 2. The van der Waals surface area contributed by atoms with Gasteiger partial charge in [-0.1, -0.05) is 6.07 Å². The molecule has 0 aliphatic carbocycles. The van der Waals surface area contributed by atoms with Gasteiger partial charge in [0, 0.05) is 6.07 Å². The summed E-state index contributed by atoms with van der Waals surface area (Å²) >= 11 is 0. The fraction of sp³-hybridized carbons (Fsp3) is 0.111. The first kappa shape index (κ1) is 9.25. The van der Waals surface area contributed by atoms with Gasteiger partial charge in [0.2, 0.25) is 0 Å². The van der Waals surface area contributed by atoms with Crippen LogP contribution in [0.4, 0.5) is 0 Å². The van der Waals surface area contributed by atoms with E-state index in [0.717, 1.165) is 0 Å². The summed E-state index contributed by atoms with van der Waals surface area (Å²) in [6, 6.07) is 5.08. The molecule has 0 unspecified atom stereocenters. The Morgan fingerprint density at radius 3 is 2.31 bits per heavy atom. The SMILES string of the molecule is Cc1ccc(C(=O)O)[c]c1C(=O)O. The van der Waals surface area contributed by atoms with Gasteiger partial charge in [0.05, 0.1) is 11.1 Å². The molecule has 0 fully saturated rings. The molecule has 0 atom stereocenters. The molecule has 0 aliphatic heterocycles. The average Bonchev–Trinajstić information content (AvgIpc) is 2.04. The van der Waals surface area contributed by atoms with Gasteiger partial charge < -0.3 is 10.2 Å². The van der Waals surface area contributed by atoms with Crippen molar-refractivity contribution >= 4 is 11.9 Å². The highest BCUT2D eigenvalue weighted by molar-refractivity contribution is 5.94. The van der Waals surface area contributed by atoms with Crippen molar-refractivity contribution in [3.63, 3.8) is 0 Å². The zero-order valence-corrected chi connectivity index (χ0v) is 6.87. The summed E-state index contributed by atoms with van der Waals surface area (Å²) in [7, 11) is 0. The van der Waals surface area contributed by atoms with E-state index in [0.29, 0.717) is 5.56 Å². The second-order valence-electron chi connectivity index (χ2n) is 2.54. The number of carboxylic acids is 2. The highest BCUT2D eigenvalue weighted by Gasteiger charge is 2.11. The van der Waals surface area contributed by atoms with E-state index < -0.39 is 11.9 Å². The molecule has 0 amide bonds. The van der Waals surface area contributed by atoms with E-state index in [1.807, 2.05) is 0 Å². The van der Waals surface area contributed by atoms with Gasteiger partial charge in [0.15, 0.2) is 0 Å². The topological polar surface area (TPSA) is 74.6 Å². The Bertz CT molecular complexity index is 368. The van der Waals surface area contributed by atoms with Crippen molar-refractivity contribution in [1.29, 1.82) is 0 Å². The lowest BCUT2D eigenvalue weighted by Gasteiger charge is -2.00. The Labute approximate surface area is 74.4 Å². The monoisotopic (exact) mass is 179 g/mol. The van der Waals surface area contributed by atoms with Crippen LogP contribution in [0.2, 0.25) is 0 Å². The van der Waals surface area contributed by atoms with E-state index >= 15 is 0 Å². The second kappa shape index (κ2) is 3.26. The van der Waals surface area contributed by atoms with Gasteiger partial charge in [-0.2, -0.15) is 0 Å². The maximum absolute atomic E-state index is 10.6. The normalized spacial score (nSPS) is 9.62. The first-order chi connectivity index (χ1) is 6.02. The van der Waals surface area contributed by atoms with Crippen molar-refractivity contribution in [3.8, 4) is 0 Å². The van der Waals surface area contributed by atoms with Crippen molar-refractivity contribution < 1.29 is 19.8 Å². The summed E-state index contributed by atoms with van der Waals surface area (Å²) in [6.07, 6.45) is 0. The third-order valence-electron chi connectivity index (χ3n) is 1.60. The molecule has 1 aromatic carbocycles. The lowest BCUT2D eigenvalue weighted by molar-refractivity contribution is 0.0695. The fourth-order valence-electron chi connectivity index (χ4n) is 0.913. The summed E-state index contributed by atoms with van der Waals surface area (Å²) < 4.78 is 0. The van der Waals surface area contributed by atoms with Crippen LogP contribution >= 0.6 is 0 Å². The minimum absolute atomic E-state index is 0.0973. The number of aromatic carboxylic acids is 2. The van der Waals surface area contributed by atoms with Crippen LogP contribution in [0.5, 0.6) is 0 Å². The lowest BCUT2D eigenvalue weighted by Crippen LogP contribution is -2.04. The second-order valence-corrected chi connectivity index (χ2v) is 2.54. The molecule has 0 aliphatic rings. The zero-order valence-electron chi connectivity index (χ0n) is 6.87. The standard InChI is InChI=1S/C9H7O4/c1-5-2-3-6(8(10)11)4-7(5)9(12)13/h2-3H,1H3,(H,10,11)(H,12,13). The smallest absolute Gasteiger partial charge is 0.336 e. The summed E-state index contributed by atoms with van der Waals surface area (Å²) in [4.78, 5) is 21.0. The van der Waals surface area contributed by atoms with Crippen LogP contribution in [-0.2, 0) is 0 Å². The van der Waals surface area contributed by atoms with Gasteiger partial charge in [-0.3, -0.25) is 0 Å². The molecule has 0 saturated heterocycles. The van der Waals surface area contributed by atoms with E-state index in [4.69, 9.17) is 10.2 Å². The third-order valence-corrected chi connectivity index (χ3v) is 1.60. The summed E-state index contributed by atoms with van der Waals surface area (Å²) in [6.45, 7) is 1.59. The third kappa shape index (κ3) is 1.84. The fourth-order valence-corrected chi connectivity index (χ4v) is 0.913. The van der Waals surface area contributed by atoms with Crippen molar-refractivity contribution in [1.82, 2.24) is 0 Å². The Balaban J connectivity index is 3.27. The molecular formula is C9H7O4. The van der Waals surface area contributed by atoms with Crippen LogP contribution in [-0.4, -0.2) is 22.2 Å². The molecule has 0 heterocycles. The highest BCUT2D eigenvalue weighted by atomic mass is 16.4. The zero-order chi connectivity index (χ0) is 10.0. The number of rotatable bonds is 2. The summed E-state index contributed by atoms with van der Waals surface area (Å²) in [5, 5.41) is 17.2. The van der Waals surface area contributed by atoms with Crippen LogP contribution in [0, 0.1) is 13.0 Å². The molecular weight excluding hydrogens is 172 g/mol. The van der Waals surface area contributed by atoms with Gasteiger partial charge in [-0.05, 0) is 18.6 Å². The Morgan fingerprint density at radius 1 is 1.23 bits per heavy atom. The number of carbonyl (C=O) groups is 2. The minimum atomic E-state index is -1.18. The number of aryl methyl sites for hydroxylation is 1. The van der Waals surface area contributed by atoms with Crippen LogP contribution < -0.4 is 0 Å². The number of hydrogen-bond donors (Lipinski definition) is 2. The molecule has 0 spiro atoms. The van der Waals surface area contributed by atoms with E-state index in [2.05, 4.69) is 6.07 Å². The van der Waals surface area contributed by atoms with Gasteiger partial charge in [-0.15, -0.1) is 0 Å². The van der Waals surface area contributed by atoms with Crippen LogP contribution in [0.3, 0.4) is 0 Å². The van der Waals surface area contributed by atoms with E-state index in [1.165, 1.54) is 12.1 Å². The largest absolute Gasteiger partial charge is 0.478 e. The van der Waals surface area contributed by atoms with Crippen LogP contribution in [0.15, 0.2) is 12.1 Å². The first-order valence-electron chi connectivity index (χ1n) is 3.52. The number of benzene rings is 1. The van der Waals surface area contributed by atoms with Gasteiger partial charge in [-0.25, -0.2) is 9.59 Å². The Kier molecular flexibility index (Phi) is 2.32. The molecule has 0 aromatic heterocycles. The van der Waals surface area contributed by atoms with Crippen molar-refractivity contribution in [2.45, 2.75) is 6.92 Å². The predicted octanol–water partition coefficient (Wildman–Crippen LogP) is 1.19. The predicted molar refractivity (Wildman–Crippen MR) is 43.9 cm³/mol. The van der Waals surface area contributed by atoms with Gasteiger partial charge in [0.1, 0.15) is 0 Å². The summed E-state index contributed by atoms with van der Waals surface area (Å²) in [5.41, 5.74) is 0.264. The van der Waals surface area contributed by atoms with Crippen molar-refractivity contribution in [2.24, 2.45) is 0 Å². The van der Waals surface area contributed by atoms with E-state index in [-0.39, 0.29) is 11.1 Å². The van der Waals surface area contributed by atoms with E-state index in [9.17, 15) is 9.59 Å². The maximum atomic E-state index is 10.6. The Hall–Kier alpha value is -1.84. The van der Waals surface area contributed by atoms with Gasteiger partial charge in [0.25, 0.3) is 0 Å². The number of carboxylic acid groups (broad SMARTS) is 2. The molecule has 2 N–H and O–H groups in total. The van der Waals surface area contributed by atoms with Gasteiger partial charge >= 0.3 is 11.9 Å². The quantitative estimate of drug-likeness (QED) is 0.715. The Morgan fingerprint density at radius 2 is 1.85 bits per heavy atom.